The van der Waals surface area contributed by atoms with E-state index in [4.69, 9.17) is 13.9 Å². The van der Waals surface area contributed by atoms with Crippen molar-refractivity contribution in [3.63, 3.8) is 0 Å². The van der Waals surface area contributed by atoms with Gasteiger partial charge in [-0.3, -0.25) is 9.59 Å². The molecule has 140 valence electrons. The topological polar surface area (TPSA) is 81.0 Å². The van der Waals surface area contributed by atoms with Gasteiger partial charge in [-0.15, -0.1) is 0 Å². The summed E-state index contributed by atoms with van der Waals surface area (Å²) in [6, 6.07) is 7.26. The maximum atomic E-state index is 12.3. The Morgan fingerprint density at radius 1 is 1.11 bits per heavy atom. The zero-order chi connectivity index (χ0) is 18.6. The number of carbonyl (C=O) groups is 2. The van der Waals surface area contributed by atoms with E-state index in [1.54, 1.807) is 17.0 Å². The van der Waals surface area contributed by atoms with Gasteiger partial charge in [-0.25, -0.2) is 0 Å². The normalized spacial score (nSPS) is 16.7. The number of hydrogen-bond acceptors (Lipinski definition) is 5. The van der Waals surface area contributed by atoms with Crippen molar-refractivity contribution in [1.29, 1.82) is 0 Å². The Balaban J connectivity index is 1.26. The Labute approximate surface area is 156 Å². The largest absolute Gasteiger partial charge is 0.472 e. The molecule has 7 heteroatoms. The average molecular weight is 368 g/mol. The summed E-state index contributed by atoms with van der Waals surface area (Å²) in [6.07, 6.45) is 7.67. The Bertz CT molecular complexity index is 851. The van der Waals surface area contributed by atoms with E-state index in [2.05, 4.69) is 5.32 Å². The molecule has 2 aliphatic rings. The Hall–Kier alpha value is -3.22. The highest BCUT2D eigenvalue weighted by atomic mass is 16.7. The molecule has 1 aromatic heterocycles. The molecule has 1 saturated heterocycles. The number of rotatable bonds is 4. The minimum absolute atomic E-state index is 0.0313. The van der Waals surface area contributed by atoms with Crippen LogP contribution in [-0.2, 0) is 4.79 Å². The quantitative estimate of drug-likeness (QED) is 0.839. The van der Waals surface area contributed by atoms with Crippen LogP contribution in [0.4, 0.5) is 0 Å². The zero-order valence-electron chi connectivity index (χ0n) is 14.7. The van der Waals surface area contributed by atoms with Gasteiger partial charge >= 0.3 is 0 Å². The van der Waals surface area contributed by atoms with E-state index in [0.29, 0.717) is 30.2 Å². The lowest BCUT2D eigenvalue weighted by Gasteiger charge is -2.32. The van der Waals surface area contributed by atoms with Crippen LogP contribution in [0.5, 0.6) is 11.5 Å². The first kappa shape index (κ1) is 17.2. The number of ether oxygens (including phenoxy) is 2. The number of nitrogens with one attached hydrogen (secondary N) is 1. The van der Waals surface area contributed by atoms with Crippen LogP contribution >= 0.6 is 0 Å². The van der Waals surface area contributed by atoms with E-state index in [0.717, 1.165) is 18.4 Å². The Morgan fingerprint density at radius 3 is 2.70 bits per heavy atom. The molecule has 0 aliphatic carbocycles. The molecule has 0 unspecified atom stereocenters. The lowest BCUT2D eigenvalue weighted by molar-refractivity contribution is -0.117. The molecular weight excluding hydrogens is 348 g/mol. The second-order valence-electron chi connectivity index (χ2n) is 6.53. The number of benzene rings is 1. The number of likely N-dealkylation sites (tertiary alicyclic amines) is 1. The van der Waals surface area contributed by atoms with Crippen molar-refractivity contribution < 1.29 is 23.5 Å². The van der Waals surface area contributed by atoms with E-state index < -0.39 is 0 Å². The predicted octanol–water partition coefficient (Wildman–Crippen LogP) is 2.44. The number of amides is 2. The monoisotopic (exact) mass is 368 g/mol. The summed E-state index contributed by atoms with van der Waals surface area (Å²) in [6.45, 7) is 1.45. The van der Waals surface area contributed by atoms with Crippen LogP contribution in [0.15, 0.2) is 47.3 Å². The number of hydrogen-bond donors (Lipinski definition) is 1. The van der Waals surface area contributed by atoms with Gasteiger partial charge in [0.15, 0.2) is 11.5 Å². The summed E-state index contributed by atoms with van der Waals surface area (Å²) in [5, 5.41) is 3.00. The third-order valence-electron chi connectivity index (χ3n) is 4.72. The summed E-state index contributed by atoms with van der Waals surface area (Å²) in [5.41, 5.74) is 1.43. The standard InChI is InChI=1S/C20H20N2O5/c23-19(4-2-14-1-3-17-18(11-14)27-13-26-17)21-16-5-8-22(9-6-16)20(24)15-7-10-25-12-15/h1-4,7,10-12,16H,5-6,8-9,13H2,(H,21,23)/b4-2+. The van der Waals surface area contributed by atoms with E-state index in [-0.39, 0.29) is 24.6 Å². The van der Waals surface area contributed by atoms with Crippen molar-refractivity contribution in [1.82, 2.24) is 10.2 Å². The van der Waals surface area contributed by atoms with Gasteiger partial charge < -0.3 is 24.1 Å². The fraction of sp³-hybridized carbons (Fsp3) is 0.300. The van der Waals surface area contributed by atoms with Gasteiger partial charge in [0.1, 0.15) is 6.26 Å². The van der Waals surface area contributed by atoms with E-state index in [1.807, 2.05) is 18.2 Å². The third-order valence-corrected chi connectivity index (χ3v) is 4.72. The van der Waals surface area contributed by atoms with Gasteiger partial charge in [0.05, 0.1) is 11.8 Å². The van der Waals surface area contributed by atoms with Gasteiger partial charge in [0.2, 0.25) is 12.7 Å². The van der Waals surface area contributed by atoms with Crippen molar-refractivity contribution in [2.45, 2.75) is 18.9 Å². The van der Waals surface area contributed by atoms with Crippen LogP contribution < -0.4 is 14.8 Å². The molecule has 1 aromatic carbocycles. The first-order valence-corrected chi connectivity index (χ1v) is 8.89. The molecule has 7 nitrogen and oxygen atoms in total. The minimum atomic E-state index is -0.146. The highest BCUT2D eigenvalue weighted by Gasteiger charge is 2.24. The molecule has 0 radical (unpaired) electrons. The first-order valence-electron chi connectivity index (χ1n) is 8.89. The van der Waals surface area contributed by atoms with Crippen LogP contribution in [0.2, 0.25) is 0 Å². The lowest BCUT2D eigenvalue weighted by atomic mass is 10.0. The summed E-state index contributed by atoms with van der Waals surface area (Å²) < 4.78 is 15.6. The highest BCUT2D eigenvalue weighted by Crippen LogP contribution is 2.32. The SMILES string of the molecule is O=C(/C=C/c1ccc2c(c1)OCO2)NC1CCN(C(=O)c2ccoc2)CC1. The maximum Gasteiger partial charge on any atom is 0.257 e. The summed E-state index contributed by atoms with van der Waals surface area (Å²) in [5.74, 6) is 1.23. The summed E-state index contributed by atoms with van der Waals surface area (Å²) in [4.78, 5) is 26.2. The molecule has 27 heavy (non-hydrogen) atoms. The van der Waals surface area contributed by atoms with Gasteiger partial charge in [0.25, 0.3) is 5.91 Å². The van der Waals surface area contributed by atoms with Crippen LogP contribution in [-0.4, -0.2) is 42.6 Å². The summed E-state index contributed by atoms with van der Waals surface area (Å²) in [7, 11) is 0. The fourth-order valence-corrected chi connectivity index (χ4v) is 3.23. The molecule has 3 heterocycles. The van der Waals surface area contributed by atoms with Gasteiger partial charge in [-0.1, -0.05) is 6.07 Å². The number of fused-ring (bicyclic) bond motifs is 1. The van der Waals surface area contributed by atoms with Gasteiger partial charge in [-0.2, -0.15) is 0 Å². The van der Waals surface area contributed by atoms with Gasteiger partial charge in [0, 0.05) is 25.2 Å². The average Bonchev–Trinajstić information content (AvgIpc) is 3.38. The van der Waals surface area contributed by atoms with Crippen LogP contribution in [0.25, 0.3) is 6.08 Å². The molecule has 0 saturated carbocycles. The van der Waals surface area contributed by atoms with Gasteiger partial charge in [-0.05, 0) is 42.7 Å². The van der Waals surface area contributed by atoms with Crippen LogP contribution in [0.1, 0.15) is 28.8 Å². The smallest absolute Gasteiger partial charge is 0.257 e. The maximum absolute atomic E-state index is 12.3. The second kappa shape index (κ2) is 7.57. The third kappa shape index (κ3) is 3.97. The zero-order valence-corrected chi connectivity index (χ0v) is 14.7. The molecule has 4 rings (SSSR count). The van der Waals surface area contributed by atoms with E-state index in [9.17, 15) is 9.59 Å². The van der Waals surface area contributed by atoms with E-state index in [1.165, 1.54) is 18.6 Å². The second-order valence-corrected chi connectivity index (χ2v) is 6.53. The number of nitrogens with zero attached hydrogens (tertiary/aromatic N) is 1. The molecule has 0 spiro atoms. The Morgan fingerprint density at radius 2 is 1.93 bits per heavy atom. The highest BCUT2D eigenvalue weighted by molar-refractivity contribution is 5.94. The molecule has 1 fully saturated rings. The fourth-order valence-electron chi connectivity index (χ4n) is 3.23. The number of carbonyl (C=O) groups excluding carboxylic acids is 2. The van der Waals surface area contributed by atoms with Crippen LogP contribution in [0.3, 0.4) is 0 Å². The first-order chi connectivity index (χ1) is 13.2. The van der Waals surface area contributed by atoms with E-state index >= 15 is 0 Å². The van der Waals surface area contributed by atoms with Crippen molar-refractivity contribution in [2.75, 3.05) is 19.9 Å². The van der Waals surface area contributed by atoms with Crippen molar-refractivity contribution in [3.05, 3.63) is 54.0 Å². The molecule has 1 N–H and O–H groups in total. The molecule has 0 atom stereocenters. The van der Waals surface area contributed by atoms with Crippen molar-refractivity contribution in [3.8, 4) is 11.5 Å². The molecule has 2 aliphatic heterocycles. The predicted molar refractivity (Wildman–Crippen MR) is 97.4 cm³/mol. The number of piperidine rings is 1. The molecule has 2 aromatic rings. The minimum Gasteiger partial charge on any atom is -0.472 e. The van der Waals surface area contributed by atoms with Crippen molar-refractivity contribution >= 4 is 17.9 Å². The van der Waals surface area contributed by atoms with Crippen molar-refractivity contribution in [2.24, 2.45) is 0 Å². The van der Waals surface area contributed by atoms with Crippen LogP contribution in [0, 0.1) is 0 Å². The number of furan rings is 1. The molecule has 2 amide bonds. The summed E-state index contributed by atoms with van der Waals surface area (Å²) >= 11 is 0. The Kier molecular flexibility index (Phi) is 4.82. The lowest BCUT2D eigenvalue weighted by Crippen LogP contribution is -2.46. The molecule has 0 bridgehead atoms. The molecular formula is C20H20N2O5.